The maximum atomic E-state index is 11.5. The van der Waals surface area contributed by atoms with Crippen LogP contribution in [0.2, 0.25) is 0 Å². The van der Waals surface area contributed by atoms with E-state index in [-0.39, 0.29) is 11.5 Å². The van der Waals surface area contributed by atoms with Crippen molar-refractivity contribution in [2.24, 2.45) is 5.73 Å². The zero-order valence-corrected chi connectivity index (χ0v) is 11.9. The van der Waals surface area contributed by atoms with Crippen molar-refractivity contribution in [1.82, 2.24) is 5.32 Å². The lowest BCUT2D eigenvalue weighted by molar-refractivity contribution is -0.125. The summed E-state index contributed by atoms with van der Waals surface area (Å²) in [6.07, 6.45) is 2.53. The lowest BCUT2D eigenvalue weighted by Gasteiger charge is -2.30. The van der Waals surface area contributed by atoms with Crippen molar-refractivity contribution in [3.8, 4) is 0 Å². The molecule has 0 aromatic rings. The predicted octanol–water partition coefficient (Wildman–Crippen LogP) is 1.83. The number of primary amides is 1. The second-order valence-electron chi connectivity index (χ2n) is 5.33. The van der Waals surface area contributed by atoms with Gasteiger partial charge in [0.15, 0.2) is 0 Å². The zero-order valence-electron chi connectivity index (χ0n) is 11.9. The molecule has 3 N–H and O–H groups in total. The van der Waals surface area contributed by atoms with Crippen LogP contribution in [0.15, 0.2) is 0 Å². The minimum absolute atomic E-state index is 0.136. The molecular formula is C13H28N2O2. The van der Waals surface area contributed by atoms with E-state index in [4.69, 9.17) is 10.5 Å². The minimum Gasteiger partial charge on any atom is -0.376 e. The molecule has 0 aliphatic heterocycles. The molecule has 1 amide bonds. The molecule has 1 atom stereocenters. The molecule has 102 valence electrons. The van der Waals surface area contributed by atoms with Gasteiger partial charge in [-0.3, -0.25) is 4.79 Å². The Kier molecular flexibility index (Phi) is 6.72. The van der Waals surface area contributed by atoms with E-state index in [0.29, 0.717) is 13.0 Å². The van der Waals surface area contributed by atoms with E-state index in [9.17, 15) is 4.79 Å². The Balaban J connectivity index is 4.23. The molecule has 0 aliphatic rings. The SMILES string of the molecule is CCCNC(C)(CCOC(C)(C)CC)C(N)=O. The van der Waals surface area contributed by atoms with Crippen LogP contribution in [0.1, 0.15) is 53.9 Å². The number of hydrogen-bond acceptors (Lipinski definition) is 3. The van der Waals surface area contributed by atoms with Crippen molar-refractivity contribution in [3.63, 3.8) is 0 Å². The summed E-state index contributed by atoms with van der Waals surface area (Å²) in [5.41, 5.74) is 4.63. The standard InChI is InChI=1S/C13H28N2O2/c1-6-9-15-13(5,11(14)16)8-10-17-12(3,4)7-2/h15H,6-10H2,1-5H3,(H2,14,16). The fraction of sp³-hybridized carbons (Fsp3) is 0.923. The minimum atomic E-state index is -0.667. The molecule has 0 spiro atoms. The lowest BCUT2D eigenvalue weighted by atomic mass is 9.97. The third-order valence-electron chi connectivity index (χ3n) is 3.26. The highest BCUT2D eigenvalue weighted by Gasteiger charge is 2.30. The highest BCUT2D eigenvalue weighted by atomic mass is 16.5. The maximum Gasteiger partial charge on any atom is 0.237 e. The molecule has 0 aromatic heterocycles. The van der Waals surface area contributed by atoms with Crippen molar-refractivity contribution in [1.29, 1.82) is 0 Å². The van der Waals surface area contributed by atoms with Crippen LogP contribution in [-0.4, -0.2) is 30.2 Å². The molecule has 4 heteroatoms. The molecule has 4 nitrogen and oxygen atoms in total. The van der Waals surface area contributed by atoms with Gasteiger partial charge < -0.3 is 15.8 Å². The highest BCUT2D eigenvalue weighted by molar-refractivity contribution is 5.84. The van der Waals surface area contributed by atoms with E-state index in [1.54, 1.807) is 0 Å². The Morgan fingerprint density at radius 2 is 1.88 bits per heavy atom. The molecule has 17 heavy (non-hydrogen) atoms. The first kappa shape index (κ1) is 16.4. The van der Waals surface area contributed by atoms with Crippen LogP contribution in [0.5, 0.6) is 0 Å². The van der Waals surface area contributed by atoms with E-state index in [2.05, 4.69) is 19.2 Å². The monoisotopic (exact) mass is 244 g/mol. The molecule has 0 aromatic carbocycles. The smallest absolute Gasteiger partial charge is 0.237 e. The zero-order chi connectivity index (χ0) is 13.5. The summed E-state index contributed by atoms with van der Waals surface area (Å²) >= 11 is 0. The summed E-state index contributed by atoms with van der Waals surface area (Å²) in [5.74, 6) is -0.316. The molecule has 0 saturated carbocycles. The largest absolute Gasteiger partial charge is 0.376 e. The van der Waals surface area contributed by atoms with Gasteiger partial charge in [-0.1, -0.05) is 13.8 Å². The summed E-state index contributed by atoms with van der Waals surface area (Å²) in [6.45, 7) is 11.4. The second kappa shape index (κ2) is 6.97. The van der Waals surface area contributed by atoms with Gasteiger partial charge in [0.2, 0.25) is 5.91 Å². The number of rotatable bonds is 9. The molecule has 0 rings (SSSR count). The van der Waals surface area contributed by atoms with Gasteiger partial charge in [0, 0.05) is 6.61 Å². The number of carbonyl (C=O) groups is 1. The summed E-state index contributed by atoms with van der Waals surface area (Å²) in [6, 6.07) is 0. The quantitative estimate of drug-likeness (QED) is 0.650. The number of nitrogens with two attached hydrogens (primary N) is 1. The molecule has 0 heterocycles. The lowest BCUT2D eigenvalue weighted by Crippen LogP contribution is -2.54. The average Bonchev–Trinajstić information content (AvgIpc) is 2.26. The molecule has 0 radical (unpaired) electrons. The summed E-state index contributed by atoms with van der Waals surface area (Å²) in [4.78, 5) is 11.5. The van der Waals surface area contributed by atoms with Crippen LogP contribution < -0.4 is 11.1 Å². The maximum absolute atomic E-state index is 11.5. The van der Waals surface area contributed by atoms with Crippen molar-refractivity contribution in [3.05, 3.63) is 0 Å². The molecule has 0 aliphatic carbocycles. The molecule has 0 saturated heterocycles. The topological polar surface area (TPSA) is 64.3 Å². The first-order valence-electron chi connectivity index (χ1n) is 6.46. The van der Waals surface area contributed by atoms with E-state index in [0.717, 1.165) is 19.4 Å². The third kappa shape index (κ3) is 6.03. The normalized spacial score (nSPS) is 15.6. The van der Waals surface area contributed by atoms with Gasteiger partial charge in [-0.05, 0) is 46.6 Å². The van der Waals surface area contributed by atoms with Crippen molar-refractivity contribution >= 4 is 5.91 Å². The Hall–Kier alpha value is -0.610. The van der Waals surface area contributed by atoms with Gasteiger partial charge in [0.05, 0.1) is 11.1 Å². The molecular weight excluding hydrogens is 216 g/mol. The van der Waals surface area contributed by atoms with Crippen molar-refractivity contribution < 1.29 is 9.53 Å². The first-order valence-corrected chi connectivity index (χ1v) is 6.46. The fourth-order valence-electron chi connectivity index (χ4n) is 1.33. The molecule has 0 fully saturated rings. The van der Waals surface area contributed by atoms with E-state index < -0.39 is 5.54 Å². The van der Waals surface area contributed by atoms with Gasteiger partial charge in [0.1, 0.15) is 0 Å². The van der Waals surface area contributed by atoms with Crippen LogP contribution >= 0.6 is 0 Å². The predicted molar refractivity (Wildman–Crippen MR) is 70.8 cm³/mol. The van der Waals surface area contributed by atoms with Crippen molar-refractivity contribution in [2.45, 2.75) is 65.0 Å². The van der Waals surface area contributed by atoms with Crippen LogP contribution in [0, 0.1) is 0 Å². The van der Waals surface area contributed by atoms with Crippen LogP contribution in [0.25, 0.3) is 0 Å². The Labute approximate surface area is 105 Å². The van der Waals surface area contributed by atoms with Crippen LogP contribution in [0.3, 0.4) is 0 Å². The van der Waals surface area contributed by atoms with E-state index in [1.165, 1.54) is 0 Å². The van der Waals surface area contributed by atoms with Gasteiger partial charge in [-0.25, -0.2) is 0 Å². The van der Waals surface area contributed by atoms with Gasteiger partial charge in [-0.15, -0.1) is 0 Å². The average molecular weight is 244 g/mol. The molecule has 1 unspecified atom stereocenters. The van der Waals surface area contributed by atoms with Crippen LogP contribution in [0.4, 0.5) is 0 Å². The van der Waals surface area contributed by atoms with E-state index >= 15 is 0 Å². The third-order valence-corrected chi connectivity index (χ3v) is 3.26. The van der Waals surface area contributed by atoms with Crippen molar-refractivity contribution in [2.75, 3.05) is 13.2 Å². The summed E-state index contributed by atoms with van der Waals surface area (Å²) in [5, 5.41) is 3.19. The first-order chi connectivity index (χ1) is 7.77. The number of amides is 1. The Morgan fingerprint density at radius 1 is 1.29 bits per heavy atom. The van der Waals surface area contributed by atoms with Gasteiger partial charge in [0.25, 0.3) is 0 Å². The number of nitrogens with one attached hydrogen (secondary N) is 1. The van der Waals surface area contributed by atoms with Gasteiger partial charge >= 0.3 is 0 Å². The summed E-state index contributed by atoms with van der Waals surface area (Å²) < 4.78 is 5.76. The summed E-state index contributed by atoms with van der Waals surface area (Å²) in [7, 11) is 0. The van der Waals surface area contributed by atoms with Crippen LogP contribution in [-0.2, 0) is 9.53 Å². The number of hydrogen-bond donors (Lipinski definition) is 2. The Bertz CT molecular complexity index is 242. The molecule has 0 bridgehead atoms. The fourth-order valence-corrected chi connectivity index (χ4v) is 1.33. The number of carbonyl (C=O) groups excluding carboxylic acids is 1. The second-order valence-corrected chi connectivity index (χ2v) is 5.33. The highest BCUT2D eigenvalue weighted by Crippen LogP contribution is 2.16. The van der Waals surface area contributed by atoms with E-state index in [1.807, 2.05) is 20.8 Å². The number of ether oxygens (including phenoxy) is 1. The van der Waals surface area contributed by atoms with Gasteiger partial charge in [-0.2, -0.15) is 0 Å². The Morgan fingerprint density at radius 3 is 2.29 bits per heavy atom.